The van der Waals surface area contributed by atoms with E-state index < -0.39 is 12.1 Å². The van der Waals surface area contributed by atoms with Crippen molar-refractivity contribution in [1.82, 2.24) is 10.6 Å². The molecule has 0 aliphatic heterocycles. The minimum atomic E-state index is -0.856. The van der Waals surface area contributed by atoms with Crippen molar-refractivity contribution < 1.29 is 24.2 Å². The minimum absolute atomic E-state index is 0.0140. The van der Waals surface area contributed by atoms with Gasteiger partial charge in [0.2, 0.25) is 5.91 Å². The molecule has 0 heterocycles. The lowest BCUT2D eigenvalue weighted by Gasteiger charge is -2.31. The second kappa shape index (κ2) is 12.1. The predicted molar refractivity (Wildman–Crippen MR) is 137 cm³/mol. The van der Waals surface area contributed by atoms with Crippen LogP contribution in [-0.4, -0.2) is 53.8 Å². The third-order valence-corrected chi connectivity index (χ3v) is 7.74. The molecule has 1 saturated carbocycles. The molecule has 0 saturated heterocycles. The number of hydrogen-bond donors (Lipinski definition) is 3. The summed E-state index contributed by atoms with van der Waals surface area (Å²) < 4.78 is 5.71. The van der Waals surface area contributed by atoms with Crippen molar-refractivity contribution >= 4 is 29.7 Å². The lowest BCUT2D eigenvalue weighted by Crippen LogP contribution is -2.44. The molecule has 35 heavy (non-hydrogen) atoms. The zero-order chi connectivity index (χ0) is 24.6. The van der Waals surface area contributed by atoms with Gasteiger partial charge in [0.25, 0.3) is 0 Å². The molecule has 0 radical (unpaired) electrons. The van der Waals surface area contributed by atoms with Crippen LogP contribution < -0.4 is 10.6 Å². The van der Waals surface area contributed by atoms with Crippen molar-refractivity contribution in [2.45, 2.75) is 44.1 Å². The van der Waals surface area contributed by atoms with E-state index >= 15 is 0 Å². The zero-order valence-electron chi connectivity index (χ0n) is 19.7. The van der Waals surface area contributed by atoms with E-state index in [1.54, 1.807) is 0 Å². The van der Waals surface area contributed by atoms with Gasteiger partial charge in [-0.2, -0.15) is 0 Å². The number of amides is 2. The zero-order valence-corrected chi connectivity index (χ0v) is 20.5. The molecule has 186 valence electrons. The average Bonchev–Trinajstić information content (AvgIpc) is 3.17. The molecule has 1 fully saturated rings. The fourth-order valence-electron chi connectivity index (χ4n) is 5.17. The van der Waals surface area contributed by atoms with Gasteiger partial charge in [-0.25, -0.2) is 4.79 Å². The van der Waals surface area contributed by atoms with Crippen molar-refractivity contribution in [3.05, 3.63) is 59.7 Å². The number of nitrogens with one attached hydrogen (secondary N) is 2. The maximum atomic E-state index is 12.7. The number of alkyl carbamates (subject to hydrolysis) is 1. The molecule has 2 aromatic carbocycles. The number of benzene rings is 2. The van der Waals surface area contributed by atoms with Crippen LogP contribution in [0.4, 0.5) is 4.79 Å². The highest BCUT2D eigenvalue weighted by Gasteiger charge is 2.31. The Balaban J connectivity index is 1.27. The monoisotopic (exact) mass is 496 g/mol. The first-order valence-corrected chi connectivity index (χ1v) is 13.4. The first kappa shape index (κ1) is 25.1. The number of hydrogen-bond acceptors (Lipinski definition) is 5. The summed E-state index contributed by atoms with van der Waals surface area (Å²) in [5, 5.41) is 14.6. The molecule has 4 rings (SSSR count). The lowest BCUT2D eigenvalue weighted by molar-refractivity contribution is -0.133. The summed E-state index contributed by atoms with van der Waals surface area (Å²) in [6.07, 6.45) is 3.67. The van der Waals surface area contributed by atoms with Gasteiger partial charge in [0, 0.05) is 30.7 Å². The van der Waals surface area contributed by atoms with Crippen molar-refractivity contribution in [2.24, 2.45) is 5.92 Å². The summed E-state index contributed by atoms with van der Waals surface area (Å²) in [6.45, 7) is 0.708. The summed E-state index contributed by atoms with van der Waals surface area (Å²) in [7, 11) is 0. The fourth-order valence-corrected chi connectivity index (χ4v) is 5.73. The summed E-state index contributed by atoms with van der Waals surface area (Å²) in [4.78, 5) is 35.7. The molecule has 2 aliphatic carbocycles. The molecule has 3 N–H and O–H groups in total. The van der Waals surface area contributed by atoms with Crippen molar-refractivity contribution in [1.29, 1.82) is 0 Å². The molecule has 2 amide bonds. The topological polar surface area (TPSA) is 105 Å². The van der Waals surface area contributed by atoms with Crippen LogP contribution in [0.1, 0.15) is 49.1 Å². The number of fused-ring (bicyclic) bond motifs is 3. The van der Waals surface area contributed by atoms with Gasteiger partial charge < -0.3 is 20.5 Å². The van der Waals surface area contributed by atoms with Gasteiger partial charge in [-0.15, -0.1) is 11.8 Å². The van der Waals surface area contributed by atoms with Crippen LogP contribution in [0.2, 0.25) is 0 Å². The molecule has 2 unspecified atom stereocenters. The first-order chi connectivity index (χ1) is 17.0. The minimum Gasteiger partial charge on any atom is -0.481 e. The number of carbonyl (C=O) groups is 3. The molecular weight excluding hydrogens is 464 g/mol. The number of thioether (sulfide) groups is 1. The van der Waals surface area contributed by atoms with Crippen LogP contribution in [0.5, 0.6) is 0 Å². The Kier molecular flexibility index (Phi) is 8.69. The van der Waals surface area contributed by atoms with Crippen molar-refractivity contribution in [3.8, 4) is 11.1 Å². The van der Waals surface area contributed by atoms with Gasteiger partial charge >= 0.3 is 12.1 Å². The highest BCUT2D eigenvalue weighted by Crippen LogP contribution is 2.44. The maximum absolute atomic E-state index is 12.7. The lowest BCUT2D eigenvalue weighted by atomic mass is 9.82. The van der Waals surface area contributed by atoms with Crippen LogP contribution in [0.25, 0.3) is 11.1 Å². The summed E-state index contributed by atoms with van der Waals surface area (Å²) >= 11 is 1.28. The Labute approximate surface area is 210 Å². The fraction of sp³-hybridized carbons (Fsp3) is 0.444. The molecule has 0 spiro atoms. The van der Waals surface area contributed by atoms with Gasteiger partial charge in [0.05, 0.1) is 5.75 Å². The first-order valence-electron chi connectivity index (χ1n) is 12.2. The second-order valence-electron chi connectivity index (χ2n) is 9.12. The predicted octanol–water partition coefficient (Wildman–Crippen LogP) is 4.41. The van der Waals surface area contributed by atoms with Crippen LogP contribution in [0.15, 0.2) is 48.5 Å². The molecule has 0 bridgehead atoms. The van der Waals surface area contributed by atoms with E-state index in [0.717, 1.165) is 25.7 Å². The molecule has 8 heteroatoms. The number of ether oxygens (including phenoxy) is 1. The maximum Gasteiger partial charge on any atom is 0.407 e. The second-order valence-corrected chi connectivity index (χ2v) is 10.2. The molecule has 7 nitrogen and oxygen atoms in total. The van der Waals surface area contributed by atoms with Crippen molar-refractivity contribution in [3.63, 3.8) is 0 Å². The van der Waals surface area contributed by atoms with Crippen molar-refractivity contribution in [2.75, 3.05) is 24.7 Å². The largest absolute Gasteiger partial charge is 0.481 e. The molecule has 2 atom stereocenters. The quantitative estimate of drug-likeness (QED) is 0.421. The van der Waals surface area contributed by atoms with Crippen LogP contribution in [-0.2, 0) is 14.3 Å². The Hall–Kier alpha value is -3.00. The third kappa shape index (κ3) is 6.57. The standard InChI is InChI=1S/C27H32N2O5S/c30-25(28-13-14-35-17-26(31)32)15-18-7-1-6-12-24(18)29-27(33)34-16-23-21-10-4-2-8-19(21)20-9-3-5-11-22(20)23/h2-5,8-11,18,23-24H,1,6-7,12-17H2,(H,28,30)(H,29,33)(H,31,32). The van der Waals surface area contributed by atoms with Gasteiger partial charge in [-0.05, 0) is 41.0 Å². The van der Waals surface area contributed by atoms with Crippen LogP contribution in [0, 0.1) is 5.92 Å². The highest BCUT2D eigenvalue weighted by molar-refractivity contribution is 7.99. The van der Waals surface area contributed by atoms with E-state index in [9.17, 15) is 14.4 Å². The molecular formula is C27H32N2O5S. The van der Waals surface area contributed by atoms with Gasteiger partial charge in [0.15, 0.2) is 0 Å². The van der Waals surface area contributed by atoms with Gasteiger partial charge in [-0.1, -0.05) is 61.4 Å². The van der Waals surface area contributed by atoms with E-state index in [2.05, 4.69) is 34.9 Å². The number of carbonyl (C=O) groups excluding carboxylic acids is 2. The summed E-state index contributed by atoms with van der Waals surface area (Å²) in [5.41, 5.74) is 4.74. The third-order valence-electron chi connectivity index (χ3n) is 6.80. The van der Waals surface area contributed by atoms with E-state index in [4.69, 9.17) is 9.84 Å². The van der Waals surface area contributed by atoms with Gasteiger partial charge in [0.1, 0.15) is 6.61 Å². The average molecular weight is 497 g/mol. The number of rotatable bonds is 10. The van der Waals surface area contributed by atoms with Gasteiger partial charge in [-0.3, -0.25) is 9.59 Å². The van der Waals surface area contributed by atoms with E-state index in [1.165, 1.54) is 34.0 Å². The summed E-state index contributed by atoms with van der Waals surface area (Å²) in [5.74, 6) is -0.247. The molecule has 2 aliphatic rings. The Morgan fingerprint density at radius 2 is 1.63 bits per heavy atom. The SMILES string of the molecule is O=C(O)CSCCNC(=O)CC1CCCCC1NC(=O)OCC1c2ccccc2-c2ccccc21. The van der Waals surface area contributed by atoms with E-state index in [0.29, 0.717) is 18.7 Å². The highest BCUT2D eigenvalue weighted by atomic mass is 32.2. The Morgan fingerprint density at radius 3 is 2.31 bits per heavy atom. The Morgan fingerprint density at radius 1 is 0.971 bits per heavy atom. The molecule has 2 aromatic rings. The van der Waals surface area contributed by atoms with Crippen LogP contribution >= 0.6 is 11.8 Å². The smallest absolute Gasteiger partial charge is 0.407 e. The van der Waals surface area contributed by atoms with E-state index in [1.807, 2.05) is 24.3 Å². The number of aliphatic carboxylic acids is 1. The normalized spacial score (nSPS) is 18.9. The number of carboxylic acids is 1. The number of carboxylic acid groups (broad SMARTS) is 1. The van der Waals surface area contributed by atoms with Crippen LogP contribution in [0.3, 0.4) is 0 Å². The van der Waals surface area contributed by atoms with E-state index in [-0.39, 0.29) is 36.1 Å². The Bertz CT molecular complexity index is 1010. The molecule has 0 aromatic heterocycles. The summed E-state index contributed by atoms with van der Waals surface area (Å²) in [6, 6.07) is 16.4.